The maximum absolute atomic E-state index is 11.5. The molecule has 5 atom stereocenters. The number of ketones is 1. The van der Waals surface area contributed by atoms with Crippen LogP contribution in [0.15, 0.2) is 0 Å². The Balaban J connectivity index is 1.94. The number of aliphatic hydroxyl groups excluding tert-OH is 1. The number of fused-ring (bicyclic) bond motifs is 1. The van der Waals surface area contributed by atoms with Gasteiger partial charge < -0.3 is 14.6 Å². The largest absolute Gasteiger partial charge is 0.393 e. The number of epoxide rings is 1. The highest BCUT2D eigenvalue weighted by Crippen LogP contribution is 2.66. The summed E-state index contributed by atoms with van der Waals surface area (Å²) >= 11 is 0. The lowest BCUT2D eigenvalue weighted by molar-refractivity contribution is -0.167. The van der Waals surface area contributed by atoms with E-state index in [0.29, 0.717) is 18.3 Å². The smallest absolute Gasteiger partial charge is 0.129 e. The molecule has 3 fully saturated rings. The minimum Gasteiger partial charge on any atom is -0.393 e. The number of carbonyl (C=O) groups excluding carboxylic acids is 1. The highest BCUT2D eigenvalue weighted by molar-refractivity contribution is 5.75. The molecule has 1 saturated heterocycles. The quantitative estimate of drug-likeness (QED) is 0.812. The zero-order valence-corrected chi connectivity index (χ0v) is 13.9. The molecular formula is C18H30O3. The van der Waals surface area contributed by atoms with Gasteiger partial charge in [0.05, 0.1) is 18.3 Å². The van der Waals surface area contributed by atoms with E-state index in [1.165, 1.54) is 12.8 Å². The first kappa shape index (κ1) is 15.5. The lowest BCUT2D eigenvalue weighted by atomic mass is 9.45. The molecule has 21 heavy (non-hydrogen) atoms. The molecule has 1 N–H and O–H groups in total. The van der Waals surface area contributed by atoms with Crippen molar-refractivity contribution in [3.05, 3.63) is 0 Å². The predicted octanol–water partition coefficient (Wildman–Crippen LogP) is 3.34. The summed E-state index contributed by atoms with van der Waals surface area (Å²) in [5.41, 5.74) is 0.149. The number of aliphatic hydroxyl groups is 1. The molecule has 1 unspecified atom stereocenters. The van der Waals surface area contributed by atoms with Crippen LogP contribution < -0.4 is 0 Å². The topological polar surface area (TPSA) is 49.8 Å². The molecular weight excluding hydrogens is 264 g/mol. The number of hydrogen-bond acceptors (Lipinski definition) is 3. The van der Waals surface area contributed by atoms with Crippen LogP contribution >= 0.6 is 0 Å². The van der Waals surface area contributed by atoms with Gasteiger partial charge in [0, 0.05) is 12.8 Å². The molecule has 1 heterocycles. The number of Topliss-reactive ketones (excluding diaryl/α,β-unsaturated/α-hetero) is 1. The fourth-order valence-corrected chi connectivity index (χ4v) is 6.05. The predicted molar refractivity (Wildman–Crippen MR) is 81.9 cm³/mol. The molecule has 0 amide bonds. The molecule has 0 aromatic heterocycles. The Morgan fingerprint density at radius 2 is 1.95 bits per heavy atom. The van der Waals surface area contributed by atoms with E-state index < -0.39 is 0 Å². The van der Waals surface area contributed by atoms with Gasteiger partial charge in [-0.25, -0.2) is 0 Å². The Bertz CT molecular complexity index is 438. The van der Waals surface area contributed by atoms with E-state index in [2.05, 4.69) is 20.8 Å². The van der Waals surface area contributed by atoms with Crippen molar-refractivity contribution in [3.63, 3.8) is 0 Å². The zero-order chi connectivity index (χ0) is 15.5. The van der Waals surface area contributed by atoms with Crippen molar-refractivity contribution in [2.24, 2.45) is 22.7 Å². The highest BCUT2D eigenvalue weighted by atomic mass is 16.6. The van der Waals surface area contributed by atoms with Crippen molar-refractivity contribution in [2.75, 3.05) is 6.61 Å². The number of rotatable bonds is 3. The first-order valence-electron chi connectivity index (χ1n) is 8.53. The van der Waals surface area contributed by atoms with Crippen LogP contribution in [0.2, 0.25) is 0 Å². The summed E-state index contributed by atoms with van der Waals surface area (Å²) in [4.78, 5) is 11.5. The molecule has 0 radical (unpaired) electrons. The number of hydrogen-bond donors (Lipinski definition) is 1. The highest BCUT2D eigenvalue weighted by Gasteiger charge is 2.67. The van der Waals surface area contributed by atoms with Gasteiger partial charge in [0.1, 0.15) is 5.78 Å². The average Bonchev–Trinajstić information content (AvgIpc) is 3.05. The van der Waals surface area contributed by atoms with Crippen LogP contribution in [0, 0.1) is 22.7 Å². The summed E-state index contributed by atoms with van der Waals surface area (Å²) in [6.07, 6.45) is 5.64. The summed E-state index contributed by atoms with van der Waals surface area (Å²) in [5, 5.41) is 10.8. The Hall–Kier alpha value is -0.410. The normalized spacial score (nSPS) is 48.0. The maximum atomic E-state index is 11.5. The van der Waals surface area contributed by atoms with Gasteiger partial charge in [0.15, 0.2) is 0 Å². The lowest BCUT2D eigenvalue weighted by Gasteiger charge is -2.60. The Labute approximate surface area is 128 Å². The third kappa shape index (κ3) is 2.37. The van der Waals surface area contributed by atoms with Crippen LogP contribution in [0.1, 0.15) is 66.2 Å². The summed E-state index contributed by atoms with van der Waals surface area (Å²) in [5.74, 6) is 1.01. The fourth-order valence-electron chi connectivity index (χ4n) is 6.05. The van der Waals surface area contributed by atoms with Crippen molar-refractivity contribution in [2.45, 2.75) is 77.9 Å². The van der Waals surface area contributed by atoms with E-state index in [0.717, 1.165) is 25.9 Å². The molecule has 2 saturated carbocycles. The van der Waals surface area contributed by atoms with Gasteiger partial charge in [-0.1, -0.05) is 27.2 Å². The lowest BCUT2D eigenvalue weighted by Crippen LogP contribution is -2.60. The molecule has 120 valence electrons. The van der Waals surface area contributed by atoms with Crippen LogP contribution in [-0.4, -0.2) is 29.2 Å². The molecule has 3 heteroatoms. The van der Waals surface area contributed by atoms with Gasteiger partial charge in [0.25, 0.3) is 0 Å². The third-order valence-corrected chi connectivity index (χ3v) is 6.76. The Morgan fingerprint density at radius 3 is 2.52 bits per heavy atom. The van der Waals surface area contributed by atoms with Gasteiger partial charge >= 0.3 is 0 Å². The van der Waals surface area contributed by atoms with Crippen molar-refractivity contribution in [3.8, 4) is 0 Å². The first-order valence-corrected chi connectivity index (χ1v) is 8.53. The maximum Gasteiger partial charge on any atom is 0.129 e. The monoisotopic (exact) mass is 294 g/mol. The second kappa shape index (κ2) is 4.79. The van der Waals surface area contributed by atoms with Crippen molar-refractivity contribution < 1.29 is 14.6 Å². The van der Waals surface area contributed by atoms with E-state index in [4.69, 9.17) is 4.74 Å². The molecule has 1 aliphatic heterocycles. The molecule has 1 spiro atoms. The molecule has 2 aliphatic carbocycles. The van der Waals surface area contributed by atoms with Crippen LogP contribution in [0.5, 0.6) is 0 Å². The molecule has 3 aliphatic rings. The molecule has 0 aromatic carbocycles. The van der Waals surface area contributed by atoms with Crippen molar-refractivity contribution in [1.82, 2.24) is 0 Å². The fraction of sp³-hybridized carbons (Fsp3) is 0.944. The summed E-state index contributed by atoms with van der Waals surface area (Å²) in [6, 6.07) is 0. The molecule has 3 nitrogen and oxygen atoms in total. The third-order valence-electron chi connectivity index (χ3n) is 6.76. The average molecular weight is 294 g/mol. The van der Waals surface area contributed by atoms with Crippen LogP contribution in [0.25, 0.3) is 0 Å². The number of ether oxygens (including phenoxy) is 1. The van der Waals surface area contributed by atoms with Crippen LogP contribution in [0.3, 0.4) is 0 Å². The van der Waals surface area contributed by atoms with Gasteiger partial charge in [-0.05, 0) is 48.9 Å². The van der Waals surface area contributed by atoms with Gasteiger partial charge in [-0.3, -0.25) is 0 Å². The summed E-state index contributed by atoms with van der Waals surface area (Å²) in [7, 11) is 0. The van der Waals surface area contributed by atoms with Gasteiger partial charge in [-0.15, -0.1) is 0 Å². The standard InChI is InChI=1S/C18H30O3/c1-12(19)6-7-14-17(4)9-5-8-16(2,3)15(17)13(20)10-18(14)11-21-18/h13-15,20H,5-11H2,1-4H3/t13-,14+,15-,17+,18?/m0/s1. The van der Waals surface area contributed by atoms with Crippen LogP contribution in [0.4, 0.5) is 0 Å². The Morgan fingerprint density at radius 1 is 1.29 bits per heavy atom. The van der Waals surface area contributed by atoms with E-state index >= 15 is 0 Å². The first-order chi connectivity index (χ1) is 9.71. The SMILES string of the molecule is CC(=O)CC[C@H]1C2(CO2)C[C@H](O)[C@H]2C(C)(C)CCC[C@@]21C. The minimum absolute atomic E-state index is 0.103. The molecule has 0 aromatic rings. The molecule has 0 bridgehead atoms. The number of carbonyl (C=O) groups is 1. The van der Waals surface area contributed by atoms with E-state index in [9.17, 15) is 9.90 Å². The minimum atomic E-state index is -0.263. The zero-order valence-electron chi connectivity index (χ0n) is 13.9. The van der Waals surface area contributed by atoms with Crippen molar-refractivity contribution >= 4 is 5.78 Å². The summed E-state index contributed by atoms with van der Waals surface area (Å²) < 4.78 is 5.86. The molecule has 3 rings (SSSR count). The summed E-state index contributed by atoms with van der Waals surface area (Å²) in [6.45, 7) is 9.44. The van der Waals surface area contributed by atoms with E-state index in [1.807, 2.05) is 0 Å². The van der Waals surface area contributed by atoms with Crippen LogP contribution in [-0.2, 0) is 9.53 Å². The van der Waals surface area contributed by atoms with Gasteiger partial charge in [0.2, 0.25) is 0 Å². The van der Waals surface area contributed by atoms with Crippen molar-refractivity contribution in [1.29, 1.82) is 0 Å². The van der Waals surface area contributed by atoms with Gasteiger partial charge in [-0.2, -0.15) is 0 Å². The second-order valence-corrected chi connectivity index (χ2v) is 8.74. The Kier molecular flexibility index (Phi) is 3.53. The van der Waals surface area contributed by atoms with E-state index in [-0.39, 0.29) is 28.3 Å². The van der Waals surface area contributed by atoms with E-state index in [1.54, 1.807) is 6.92 Å². The second-order valence-electron chi connectivity index (χ2n) is 8.74.